The normalized spacial score (nSPS) is 16.3. The molecule has 0 spiro atoms. The van der Waals surface area contributed by atoms with Gasteiger partial charge in [0.2, 0.25) is 11.9 Å². The van der Waals surface area contributed by atoms with Gasteiger partial charge >= 0.3 is 5.97 Å². The minimum atomic E-state index is -0.421. The predicted octanol–water partition coefficient (Wildman–Crippen LogP) is 2.15. The van der Waals surface area contributed by atoms with E-state index in [9.17, 15) is 4.79 Å². The molecule has 0 saturated carbocycles. The number of nitrogen functional groups attached to an aromatic ring is 1. The second-order valence-corrected chi connectivity index (χ2v) is 7.38. The summed E-state index contributed by atoms with van der Waals surface area (Å²) in [7, 11) is 3.60. The Hall–Kier alpha value is -2.39. The molecule has 0 aliphatic carbocycles. The molecule has 1 fully saturated rings. The number of ether oxygens (including phenoxy) is 2. The summed E-state index contributed by atoms with van der Waals surface area (Å²) >= 11 is 1.61. The van der Waals surface area contributed by atoms with E-state index >= 15 is 0 Å². The molecule has 0 amide bonds. The lowest BCUT2D eigenvalue weighted by molar-refractivity contribution is 0.0458. The largest absolute Gasteiger partial charge is 0.454 e. The Bertz CT molecular complexity index is 796. The summed E-state index contributed by atoms with van der Waals surface area (Å²) in [6.07, 6.45) is 2.41. The first-order valence-electron chi connectivity index (χ1n) is 8.71. The molecule has 9 heteroatoms. The molecular weight excluding hydrogens is 366 g/mol. The molecule has 1 unspecified atom stereocenters. The second kappa shape index (κ2) is 9.01. The number of nitrogens with two attached hydrogens (primary N) is 1. The fourth-order valence-electron chi connectivity index (χ4n) is 2.62. The van der Waals surface area contributed by atoms with Crippen molar-refractivity contribution in [2.75, 3.05) is 37.1 Å². The van der Waals surface area contributed by atoms with Crippen LogP contribution in [0.2, 0.25) is 0 Å². The number of hydrogen-bond donors (Lipinski definition) is 1. The monoisotopic (exact) mass is 389 g/mol. The minimum absolute atomic E-state index is 0.0723. The molecule has 1 aromatic heterocycles. The SMILES string of the molecule is CN(C)c1nc(N)nc(COC(=O)c2ccccc2SCC2CCCO2)n1. The van der Waals surface area contributed by atoms with E-state index in [0.717, 1.165) is 30.1 Å². The summed E-state index contributed by atoms with van der Waals surface area (Å²) in [5.41, 5.74) is 6.22. The molecule has 1 atom stereocenters. The van der Waals surface area contributed by atoms with Gasteiger partial charge in [0, 0.05) is 31.4 Å². The van der Waals surface area contributed by atoms with Crippen LogP contribution in [0, 0.1) is 0 Å². The number of thioether (sulfide) groups is 1. The van der Waals surface area contributed by atoms with Crippen LogP contribution in [-0.4, -0.2) is 53.5 Å². The average Bonchev–Trinajstić information content (AvgIpc) is 3.18. The van der Waals surface area contributed by atoms with E-state index in [-0.39, 0.29) is 18.7 Å². The lowest BCUT2D eigenvalue weighted by atomic mass is 10.2. The first-order chi connectivity index (χ1) is 13.0. The van der Waals surface area contributed by atoms with Crippen LogP contribution in [0.4, 0.5) is 11.9 Å². The minimum Gasteiger partial charge on any atom is -0.454 e. The summed E-state index contributed by atoms with van der Waals surface area (Å²) < 4.78 is 11.1. The fourth-order valence-corrected chi connectivity index (χ4v) is 3.73. The maximum atomic E-state index is 12.6. The zero-order valence-electron chi connectivity index (χ0n) is 15.4. The second-order valence-electron chi connectivity index (χ2n) is 6.32. The summed E-state index contributed by atoms with van der Waals surface area (Å²) in [5.74, 6) is 1.22. The predicted molar refractivity (Wildman–Crippen MR) is 104 cm³/mol. The molecule has 2 N–H and O–H groups in total. The number of benzene rings is 1. The van der Waals surface area contributed by atoms with E-state index in [1.165, 1.54) is 0 Å². The third-order valence-electron chi connectivity index (χ3n) is 3.98. The van der Waals surface area contributed by atoms with Gasteiger partial charge < -0.3 is 20.1 Å². The van der Waals surface area contributed by atoms with Crippen LogP contribution in [0.15, 0.2) is 29.2 Å². The molecule has 2 aromatic rings. The summed E-state index contributed by atoms with van der Waals surface area (Å²) in [6, 6.07) is 7.40. The van der Waals surface area contributed by atoms with Gasteiger partial charge in [-0.2, -0.15) is 15.0 Å². The van der Waals surface area contributed by atoms with E-state index in [0.29, 0.717) is 17.3 Å². The number of anilines is 2. The van der Waals surface area contributed by atoms with Gasteiger partial charge in [0.05, 0.1) is 11.7 Å². The van der Waals surface area contributed by atoms with Crippen molar-refractivity contribution in [2.24, 2.45) is 0 Å². The van der Waals surface area contributed by atoms with E-state index in [1.54, 1.807) is 36.8 Å². The quantitative estimate of drug-likeness (QED) is 0.563. The highest BCUT2D eigenvalue weighted by molar-refractivity contribution is 7.99. The van der Waals surface area contributed by atoms with Gasteiger partial charge in [-0.05, 0) is 25.0 Å². The van der Waals surface area contributed by atoms with Crippen molar-refractivity contribution in [3.63, 3.8) is 0 Å². The van der Waals surface area contributed by atoms with E-state index in [4.69, 9.17) is 15.2 Å². The Morgan fingerprint density at radius 1 is 1.33 bits per heavy atom. The molecule has 0 radical (unpaired) electrons. The fraction of sp³-hybridized carbons (Fsp3) is 0.444. The Kier molecular flexibility index (Phi) is 6.46. The molecule has 1 aromatic carbocycles. The van der Waals surface area contributed by atoms with Crippen LogP contribution >= 0.6 is 11.8 Å². The molecule has 1 saturated heterocycles. The maximum Gasteiger partial charge on any atom is 0.339 e. The maximum absolute atomic E-state index is 12.6. The van der Waals surface area contributed by atoms with Crippen molar-refractivity contribution < 1.29 is 14.3 Å². The molecule has 1 aliphatic rings. The van der Waals surface area contributed by atoms with Gasteiger partial charge in [0.15, 0.2) is 12.4 Å². The number of rotatable bonds is 7. The Balaban J connectivity index is 1.64. The zero-order valence-corrected chi connectivity index (χ0v) is 16.2. The van der Waals surface area contributed by atoms with Gasteiger partial charge in [0.25, 0.3) is 0 Å². The molecule has 27 heavy (non-hydrogen) atoms. The van der Waals surface area contributed by atoms with Gasteiger partial charge in [0.1, 0.15) is 0 Å². The number of aromatic nitrogens is 3. The topological polar surface area (TPSA) is 103 Å². The van der Waals surface area contributed by atoms with Gasteiger partial charge in [-0.3, -0.25) is 0 Å². The number of carbonyl (C=O) groups is 1. The number of nitrogens with zero attached hydrogens (tertiary/aromatic N) is 4. The molecule has 8 nitrogen and oxygen atoms in total. The highest BCUT2D eigenvalue weighted by Crippen LogP contribution is 2.27. The zero-order chi connectivity index (χ0) is 19.2. The van der Waals surface area contributed by atoms with Crippen LogP contribution < -0.4 is 10.6 Å². The van der Waals surface area contributed by atoms with Crippen molar-refractivity contribution >= 4 is 29.6 Å². The van der Waals surface area contributed by atoms with Gasteiger partial charge in [-0.1, -0.05) is 12.1 Å². The highest BCUT2D eigenvalue weighted by atomic mass is 32.2. The third-order valence-corrected chi connectivity index (χ3v) is 5.18. The first-order valence-corrected chi connectivity index (χ1v) is 9.70. The van der Waals surface area contributed by atoms with Crippen LogP contribution in [-0.2, 0) is 16.1 Å². The lowest BCUT2D eigenvalue weighted by Gasteiger charge is -2.13. The third kappa shape index (κ3) is 5.30. The smallest absolute Gasteiger partial charge is 0.339 e. The summed E-state index contributed by atoms with van der Waals surface area (Å²) in [5, 5.41) is 0. The van der Waals surface area contributed by atoms with E-state index < -0.39 is 5.97 Å². The molecule has 3 rings (SSSR count). The van der Waals surface area contributed by atoms with Crippen molar-refractivity contribution in [3.8, 4) is 0 Å². The Morgan fingerprint density at radius 3 is 2.89 bits per heavy atom. The Morgan fingerprint density at radius 2 is 2.15 bits per heavy atom. The van der Waals surface area contributed by atoms with Crippen LogP contribution in [0.3, 0.4) is 0 Å². The Labute approximate surface area is 162 Å². The molecule has 1 aliphatic heterocycles. The lowest BCUT2D eigenvalue weighted by Crippen LogP contribution is -2.17. The average molecular weight is 389 g/mol. The van der Waals surface area contributed by atoms with Crippen molar-refractivity contribution in [1.82, 2.24) is 15.0 Å². The number of carbonyl (C=O) groups excluding carboxylic acids is 1. The van der Waals surface area contributed by atoms with Gasteiger partial charge in [-0.25, -0.2) is 4.79 Å². The van der Waals surface area contributed by atoms with Crippen LogP contribution in [0.1, 0.15) is 29.0 Å². The number of esters is 1. The van der Waals surface area contributed by atoms with Crippen molar-refractivity contribution in [1.29, 1.82) is 0 Å². The summed E-state index contributed by atoms with van der Waals surface area (Å²) in [6.45, 7) is 0.746. The highest BCUT2D eigenvalue weighted by Gasteiger charge is 2.19. The van der Waals surface area contributed by atoms with E-state index in [1.807, 2.05) is 18.2 Å². The molecule has 0 bridgehead atoms. The van der Waals surface area contributed by atoms with Crippen LogP contribution in [0.5, 0.6) is 0 Å². The summed E-state index contributed by atoms with van der Waals surface area (Å²) in [4.78, 5) is 27.4. The number of hydrogen-bond acceptors (Lipinski definition) is 9. The molecule has 2 heterocycles. The van der Waals surface area contributed by atoms with E-state index in [2.05, 4.69) is 15.0 Å². The first kappa shape index (κ1) is 19.4. The molecular formula is C18H23N5O3S. The van der Waals surface area contributed by atoms with Crippen molar-refractivity contribution in [3.05, 3.63) is 35.7 Å². The van der Waals surface area contributed by atoms with Gasteiger partial charge in [-0.15, -0.1) is 11.8 Å². The van der Waals surface area contributed by atoms with Crippen molar-refractivity contribution in [2.45, 2.75) is 30.4 Å². The molecule has 144 valence electrons. The standard InChI is InChI=1S/C18H23N5O3S/c1-23(2)18-21-15(20-17(19)22-18)10-26-16(24)13-7-3-4-8-14(13)27-11-12-6-5-9-25-12/h3-4,7-8,12H,5-6,9-11H2,1-2H3,(H2,19,20,21,22). The van der Waals surface area contributed by atoms with Crippen LogP contribution in [0.25, 0.3) is 0 Å².